The van der Waals surface area contributed by atoms with Gasteiger partial charge in [0.2, 0.25) is 5.91 Å². The van der Waals surface area contributed by atoms with Crippen LogP contribution in [0.25, 0.3) is 5.65 Å². The molecule has 3 N–H and O–H groups in total. The molecule has 0 aliphatic rings. The molecular weight excluding hydrogens is 376 g/mol. The van der Waals surface area contributed by atoms with Crippen molar-refractivity contribution < 1.29 is 13.2 Å². The Hall–Kier alpha value is -2.87. The minimum absolute atomic E-state index is 0.287. The van der Waals surface area contributed by atoms with Gasteiger partial charge in [0.25, 0.3) is 0 Å². The quantitative estimate of drug-likeness (QED) is 0.661. The van der Waals surface area contributed by atoms with Gasteiger partial charge in [0.05, 0.1) is 21.8 Å². The van der Waals surface area contributed by atoms with E-state index in [1.807, 2.05) is 31.2 Å². The number of nitrogens with one attached hydrogen (secondary N) is 1. The van der Waals surface area contributed by atoms with Crippen LogP contribution >= 0.6 is 0 Å². The average molecular weight is 401 g/mol. The van der Waals surface area contributed by atoms with Crippen LogP contribution in [0, 0.1) is 13.8 Å². The van der Waals surface area contributed by atoms with E-state index in [-0.39, 0.29) is 6.54 Å². The number of fused-ring (bicyclic) bond motifs is 1. The summed E-state index contributed by atoms with van der Waals surface area (Å²) in [6.07, 6.45) is 3.58. The highest BCUT2D eigenvalue weighted by molar-refractivity contribution is 7.90. The molecule has 0 unspecified atom stereocenters. The normalized spacial score (nSPS) is 11.7. The van der Waals surface area contributed by atoms with Crippen LogP contribution in [0.5, 0.6) is 0 Å². The number of primary amides is 1. The second-order valence-electron chi connectivity index (χ2n) is 6.86. The Labute approximate surface area is 164 Å². The van der Waals surface area contributed by atoms with Crippen LogP contribution in [-0.2, 0) is 22.8 Å². The van der Waals surface area contributed by atoms with Crippen molar-refractivity contribution in [2.75, 3.05) is 11.6 Å². The van der Waals surface area contributed by atoms with Crippen LogP contribution in [0.15, 0.2) is 35.4 Å². The van der Waals surface area contributed by atoms with Gasteiger partial charge in [-0.15, -0.1) is 0 Å². The maximum absolute atomic E-state index is 12.2. The van der Waals surface area contributed by atoms with Crippen LogP contribution in [0.1, 0.15) is 39.8 Å². The van der Waals surface area contributed by atoms with Crippen molar-refractivity contribution in [1.82, 2.24) is 9.38 Å². The first kappa shape index (κ1) is 19.9. The van der Waals surface area contributed by atoms with Crippen LogP contribution in [0.3, 0.4) is 0 Å². The molecule has 0 saturated heterocycles. The van der Waals surface area contributed by atoms with Gasteiger partial charge in [0, 0.05) is 24.7 Å². The van der Waals surface area contributed by atoms with Gasteiger partial charge in [0.15, 0.2) is 15.5 Å². The van der Waals surface area contributed by atoms with E-state index in [0.717, 1.165) is 22.5 Å². The lowest BCUT2D eigenvalue weighted by Gasteiger charge is -2.15. The Morgan fingerprint density at radius 2 is 2.00 bits per heavy atom. The Morgan fingerprint density at radius 1 is 1.29 bits per heavy atom. The molecule has 7 nitrogen and oxygen atoms in total. The standard InChI is InChI=1S/C20H24N4O3S/c1-5-14-7-6-8-18(28(4,26)27)16(14)10-22-17-9-15(19(21)25)11-24-13(3)12(2)23-20(17)24/h6-9,11,22H,5,10H2,1-4H3,(H2,21,25). The summed E-state index contributed by atoms with van der Waals surface area (Å²) in [4.78, 5) is 16.6. The summed E-state index contributed by atoms with van der Waals surface area (Å²) < 4.78 is 26.3. The first-order valence-corrected chi connectivity index (χ1v) is 10.9. The molecule has 3 rings (SSSR count). The zero-order chi connectivity index (χ0) is 20.6. The van der Waals surface area contributed by atoms with Crippen molar-refractivity contribution in [3.8, 4) is 0 Å². The first-order chi connectivity index (χ1) is 13.1. The van der Waals surface area contributed by atoms with Gasteiger partial charge in [-0.2, -0.15) is 0 Å². The molecule has 0 radical (unpaired) electrons. The van der Waals surface area contributed by atoms with E-state index < -0.39 is 15.7 Å². The van der Waals surface area contributed by atoms with E-state index in [2.05, 4.69) is 10.3 Å². The monoisotopic (exact) mass is 400 g/mol. The first-order valence-electron chi connectivity index (χ1n) is 8.97. The number of carbonyl (C=O) groups is 1. The molecule has 0 aliphatic heterocycles. The lowest BCUT2D eigenvalue weighted by Crippen LogP contribution is -2.14. The molecule has 2 heterocycles. The number of benzene rings is 1. The van der Waals surface area contributed by atoms with Gasteiger partial charge in [-0.05, 0) is 43.5 Å². The van der Waals surface area contributed by atoms with E-state index in [9.17, 15) is 13.2 Å². The number of hydrogen-bond donors (Lipinski definition) is 2. The number of aryl methyl sites for hydroxylation is 3. The van der Waals surface area contributed by atoms with E-state index in [4.69, 9.17) is 5.73 Å². The largest absolute Gasteiger partial charge is 0.378 e. The molecule has 1 aromatic carbocycles. The van der Waals surface area contributed by atoms with Crippen molar-refractivity contribution in [1.29, 1.82) is 0 Å². The van der Waals surface area contributed by atoms with Gasteiger partial charge in [-0.3, -0.25) is 4.79 Å². The van der Waals surface area contributed by atoms with Crippen molar-refractivity contribution in [2.45, 2.75) is 38.6 Å². The highest BCUT2D eigenvalue weighted by Gasteiger charge is 2.18. The summed E-state index contributed by atoms with van der Waals surface area (Å²) in [5.74, 6) is -0.540. The highest BCUT2D eigenvalue weighted by atomic mass is 32.2. The number of nitrogens with zero attached hydrogens (tertiary/aromatic N) is 2. The molecule has 1 amide bonds. The molecule has 2 aromatic heterocycles. The summed E-state index contributed by atoms with van der Waals surface area (Å²) >= 11 is 0. The summed E-state index contributed by atoms with van der Waals surface area (Å²) in [7, 11) is -3.37. The van der Waals surface area contributed by atoms with Gasteiger partial charge in [-0.1, -0.05) is 19.1 Å². The maximum Gasteiger partial charge on any atom is 0.250 e. The van der Waals surface area contributed by atoms with Crippen LogP contribution in [-0.4, -0.2) is 30.0 Å². The van der Waals surface area contributed by atoms with Crippen molar-refractivity contribution in [2.24, 2.45) is 5.73 Å². The number of amides is 1. The molecule has 0 aliphatic carbocycles. The lowest BCUT2D eigenvalue weighted by atomic mass is 10.1. The molecule has 148 valence electrons. The van der Waals surface area contributed by atoms with E-state index >= 15 is 0 Å². The lowest BCUT2D eigenvalue weighted by molar-refractivity contribution is 0.1000. The molecular formula is C20H24N4O3S. The summed E-state index contributed by atoms with van der Waals surface area (Å²) in [6.45, 7) is 6.08. The smallest absolute Gasteiger partial charge is 0.250 e. The number of pyridine rings is 1. The Balaban J connectivity index is 2.10. The van der Waals surface area contributed by atoms with Crippen molar-refractivity contribution in [3.05, 3.63) is 58.5 Å². The van der Waals surface area contributed by atoms with Gasteiger partial charge in [0.1, 0.15) is 0 Å². The predicted octanol–water partition coefficient (Wildman–Crippen LogP) is 2.63. The third-order valence-electron chi connectivity index (χ3n) is 4.95. The highest BCUT2D eigenvalue weighted by Crippen LogP contribution is 2.25. The van der Waals surface area contributed by atoms with E-state index in [1.165, 1.54) is 6.26 Å². The fourth-order valence-electron chi connectivity index (χ4n) is 3.31. The van der Waals surface area contributed by atoms with Crippen LogP contribution < -0.4 is 11.1 Å². The molecule has 0 spiro atoms. The SMILES string of the molecule is CCc1cccc(S(C)(=O)=O)c1CNc1cc(C(N)=O)cn2c(C)c(C)nc12. The van der Waals surface area contributed by atoms with Crippen molar-refractivity contribution >= 4 is 27.1 Å². The molecule has 0 fully saturated rings. The molecule has 0 bridgehead atoms. The fourth-order valence-corrected chi connectivity index (χ4v) is 4.29. The molecule has 0 atom stereocenters. The van der Waals surface area contributed by atoms with Gasteiger partial charge >= 0.3 is 0 Å². The topological polar surface area (TPSA) is 107 Å². The number of carbonyl (C=O) groups excluding carboxylic acids is 1. The Morgan fingerprint density at radius 3 is 2.61 bits per heavy atom. The third-order valence-corrected chi connectivity index (χ3v) is 6.13. The van der Waals surface area contributed by atoms with Gasteiger partial charge in [-0.25, -0.2) is 13.4 Å². The molecule has 8 heteroatoms. The molecule has 0 saturated carbocycles. The number of rotatable bonds is 6. The second kappa shape index (κ2) is 7.27. The summed E-state index contributed by atoms with van der Waals surface area (Å²) in [6, 6.07) is 6.94. The zero-order valence-electron chi connectivity index (χ0n) is 16.4. The van der Waals surface area contributed by atoms with Crippen LogP contribution in [0.4, 0.5) is 5.69 Å². The number of anilines is 1. The van der Waals surface area contributed by atoms with Gasteiger partial charge < -0.3 is 15.5 Å². The van der Waals surface area contributed by atoms with Crippen LogP contribution in [0.2, 0.25) is 0 Å². The molecule has 3 aromatic rings. The minimum Gasteiger partial charge on any atom is -0.378 e. The number of aromatic nitrogens is 2. The number of nitrogens with two attached hydrogens (primary N) is 1. The zero-order valence-corrected chi connectivity index (χ0v) is 17.2. The minimum atomic E-state index is -3.37. The van der Waals surface area contributed by atoms with E-state index in [0.29, 0.717) is 28.2 Å². The number of sulfone groups is 1. The Kier molecular flexibility index (Phi) is 5.16. The third kappa shape index (κ3) is 3.60. The second-order valence-corrected chi connectivity index (χ2v) is 8.84. The summed E-state index contributed by atoms with van der Waals surface area (Å²) in [5, 5.41) is 3.27. The van der Waals surface area contributed by atoms with Crippen molar-refractivity contribution in [3.63, 3.8) is 0 Å². The number of imidazole rings is 1. The number of hydrogen-bond acceptors (Lipinski definition) is 5. The molecule has 28 heavy (non-hydrogen) atoms. The fraction of sp³-hybridized carbons (Fsp3) is 0.300. The summed E-state index contributed by atoms with van der Waals surface area (Å²) in [5.41, 5.74) is 10.5. The average Bonchev–Trinajstić information content (AvgIpc) is 2.93. The van der Waals surface area contributed by atoms with E-state index in [1.54, 1.807) is 24.4 Å². The maximum atomic E-state index is 12.2. The Bertz CT molecular complexity index is 1180. The predicted molar refractivity (Wildman–Crippen MR) is 109 cm³/mol.